The Balaban J connectivity index is 2.36. The van der Waals surface area contributed by atoms with E-state index in [9.17, 15) is 0 Å². The van der Waals surface area contributed by atoms with Gasteiger partial charge in [0.2, 0.25) is 11.7 Å². The zero-order chi connectivity index (χ0) is 11.1. The Hall–Kier alpha value is -1.92. The topological polar surface area (TPSA) is 95.7 Å². The Bertz CT molecular complexity index is 465. The van der Waals surface area contributed by atoms with Gasteiger partial charge >= 0.3 is 0 Å². The van der Waals surface area contributed by atoms with Crippen LogP contribution in [0.3, 0.4) is 0 Å². The van der Waals surface area contributed by atoms with E-state index >= 15 is 0 Å². The molecule has 2 aromatic heterocycles. The third-order valence-corrected chi connectivity index (χ3v) is 1.77. The maximum absolute atomic E-state index is 5.40. The standard InChI is InChI=1S/C8H12N6O/c1-8(2,3)14-11-7(10-13-14)5-4-6(9)15-12-5/h4H,9H2,1-3H3. The molecule has 0 amide bonds. The Kier molecular flexibility index (Phi) is 1.95. The van der Waals surface area contributed by atoms with Crippen LogP contribution in [0.15, 0.2) is 10.6 Å². The first-order chi connectivity index (χ1) is 6.97. The molecule has 0 aromatic carbocycles. The molecule has 0 bridgehead atoms. The molecule has 15 heavy (non-hydrogen) atoms. The van der Waals surface area contributed by atoms with Crippen molar-refractivity contribution in [1.29, 1.82) is 0 Å². The lowest BCUT2D eigenvalue weighted by molar-refractivity contribution is 0.306. The predicted octanol–water partition coefficient (Wildman–Crippen LogP) is 0.665. The molecule has 0 radical (unpaired) electrons. The van der Waals surface area contributed by atoms with Crippen LogP contribution in [0.4, 0.5) is 5.88 Å². The summed E-state index contributed by atoms with van der Waals surface area (Å²) in [5.41, 5.74) is 5.68. The summed E-state index contributed by atoms with van der Waals surface area (Å²) in [6.07, 6.45) is 0. The van der Waals surface area contributed by atoms with Gasteiger partial charge in [0, 0.05) is 6.07 Å². The van der Waals surface area contributed by atoms with Crippen LogP contribution in [0.2, 0.25) is 0 Å². The number of hydrogen-bond acceptors (Lipinski definition) is 6. The first-order valence-corrected chi connectivity index (χ1v) is 4.50. The van der Waals surface area contributed by atoms with Gasteiger partial charge in [0.1, 0.15) is 0 Å². The summed E-state index contributed by atoms with van der Waals surface area (Å²) in [5, 5.41) is 15.7. The van der Waals surface area contributed by atoms with Crippen molar-refractivity contribution in [2.75, 3.05) is 5.73 Å². The second kappa shape index (κ2) is 3.04. The van der Waals surface area contributed by atoms with Crippen molar-refractivity contribution in [2.45, 2.75) is 26.3 Å². The van der Waals surface area contributed by atoms with E-state index in [1.165, 1.54) is 4.80 Å². The van der Waals surface area contributed by atoms with Crippen LogP contribution in [0.25, 0.3) is 11.5 Å². The number of nitrogens with two attached hydrogens (primary N) is 1. The fraction of sp³-hybridized carbons (Fsp3) is 0.500. The van der Waals surface area contributed by atoms with E-state index < -0.39 is 0 Å². The minimum atomic E-state index is -0.208. The summed E-state index contributed by atoms with van der Waals surface area (Å²) in [7, 11) is 0. The second-order valence-corrected chi connectivity index (χ2v) is 4.19. The quantitative estimate of drug-likeness (QED) is 0.739. The molecular formula is C8H12N6O. The third-order valence-electron chi connectivity index (χ3n) is 1.77. The van der Waals surface area contributed by atoms with E-state index in [-0.39, 0.29) is 11.4 Å². The molecule has 0 fully saturated rings. The van der Waals surface area contributed by atoms with Crippen LogP contribution >= 0.6 is 0 Å². The average molecular weight is 208 g/mol. The minimum Gasteiger partial charge on any atom is -0.368 e. The maximum atomic E-state index is 5.40. The van der Waals surface area contributed by atoms with Gasteiger partial charge in [-0.2, -0.15) is 4.80 Å². The summed E-state index contributed by atoms with van der Waals surface area (Å²) < 4.78 is 4.72. The van der Waals surface area contributed by atoms with Crippen molar-refractivity contribution in [3.63, 3.8) is 0 Å². The average Bonchev–Trinajstić information content (AvgIpc) is 2.69. The Morgan fingerprint density at radius 1 is 1.40 bits per heavy atom. The summed E-state index contributed by atoms with van der Waals surface area (Å²) in [4.78, 5) is 1.52. The molecule has 0 atom stereocenters. The fourth-order valence-electron chi connectivity index (χ4n) is 0.996. The molecule has 0 unspecified atom stereocenters. The summed E-state index contributed by atoms with van der Waals surface area (Å²) in [6.45, 7) is 5.95. The normalized spacial score (nSPS) is 11.9. The van der Waals surface area contributed by atoms with Gasteiger partial charge in [0.05, 0.1) is 5.54 Å². The molecule has 0 saturated carbocycles. The van der Waals surface area contributed by atoms with E-state index in [0.29, 0.717) is 11.5 Å². The molecule has 80 valence electrons. The van der Waals surface area contributed by atoms with Crippen LogP contribution < -0.4 is 5.73 Å². The van der Waals surface area contributed by atoms with E-state index in [4.69, 9.17) is 10.3 Å². The van der Waals surface area contributed by atoms with E-state index in [1.807, 2.05) is 20.8 Å². The van der Waals surface area contributed by atoms with E-state index in [2.05, 4.69) is 20.6 Å². The zero-order valence-corrected chi connectivity index (χ0v) is 8.80. The zero-order valence-electron chi connectivity index (χ0n) is 8.80. The Labute approximate surface area is 86.2 Å². The summed E-state index contributed by atoms with van der Waals surface area (Å²) in [5.74, 6) is 0.641. The minimum absolute atomic E-state index is 0.208. The van der Waals surface area contributed by atoms with Crippen LogP contribution in [0, 0.1) is 0 Å². The lowest BCUT2D eigenvalue weighted by Crippen LogP contribution is -2.24. The van der Waals surface area contributed by atoms with Gasteiger partial charge in [0.25, 0.3) is 0 Å². The third kappa shape index (κ3) is 1.80. The summed E-state index contributed by atoms with van der Waals surface area (Å²) >= 11 is 0. The van der Waals surface area contributed by atoms with Gasteiger partial charge in [-0.05, 0) is 26.0 Å². The maximum Gasteiger partial charge on any atom is 0.226 e. The molecule has 0 aliphatic rings. The van der Waals surface area contributed by atoms with Crippen molar-refractivity contribution in [2.24, 2.45) is 0 Å². The number of nitrogen functional groups attached to an aromatic ring is 1. The number of hydrogen-bond donors (Lipinski definition) is 1. The first-order valence-electron chi connectivity index (χ1n) is 4.50. The van der Waals surface area contributed by atoms with Gasteiger partial charge in [-0.1, -0.05) is 5.16 Å². The molecule has 2 rings (SSSR count). The Morgan fingerprint density at radius 2 is 2.13 bits per heavy atom. The smallest absolute Gasteiger partial charge is 0.226 e. The Morgan fingerprint density at radius 3 is 2.60 bits per heavy atom. The molecule has 7 nitrogen and oxygen atoms in total. The van der Waals surface area contributed by atoms with Gasteiger partial charge in [-0.3, -0.25) is 0 Å². The van der Waals surface area contributed by atoms with Crippen LogP contribution in [0.1, 0.15) is 20.8 Å². The first kappa shape index (κ1) is 9.63. The number of anilines is 1. The highest BCUT2D eigenvalue weighted by Gasteiger charge is 2.18. The lowest BCUT2D eigenvalue weighted by Gasteiger charge is -2.15. The molecule has 0 spiro atoms. The van der Waals surface area contributed by atoms with Crippen LogP contribution in [-0.4, -0.2) is 25.4 Å². The van der Waals surface area contributed by atoms with E-state index in [1.54, 1.807) is 6.07 Å². The number of nitrogens with zero attached hydrogens (tertiary/aromatic N) is 5. The van der Waals surface area contributed by atoms with Crippen molar-refractivity contribution in [3.05, 3.63) is 6.07 Å². The highest BCUT2D eigenvalue weighted by atomic mass is 16.5. The van der Waals surface area contributed by atoms with Crippen LogP contribution in [-0.2, 0) is 5.54 Å². The van der Waals surface area contributed by atoms with Crippen molar-refractivity contribution in [1.82, 2.24) is 25.4 Å². The molecule has 0 saturated heterocycles. The van der Waals surface area contributed by atoms with Gasteiger partial charge < -0.3 is 10.3 Å². The van der Waals surface area contributed by atoms with Crippen molar-refractivity contribution >= 4 is 5.88 Å². The molecular weight excluding hydrogens is 196 g/mol. The largest absolute Gasteiger partial charge is 0.368 e. The molecule has 7 heteroatoms. The SMILES string of the molecule is CC(C)(C)n1nnc(-c2cc(N)on2)n1. The fourth-order valence-corrected chi connectivity index (χ4v) is 0.996. The van der Waals surface area contributed by atoms with Crippen molar-refractivity contribution < 1.29 is 4.52 Å². The van der Waals surface area contributed by atoms with Gasteiger partial charge in [0.15, 0.2) is 5.69 Å². The monoisotopic (exact) mass is 208 g/mol. The lowest BCUT2D eigenvalue weighted by atomic mass is 10.1. The van der Waals surface area contributed by atoms with Gasteiger partial charge in [-0.15, -0.1) is 10.2 Å². The van der Waals surface area contributed by atoms with E-state index in [0.717, 1.165) is 0 Å². The van der Waals surface area contributed by atoms with Crippen LogP contribution in [0.5, 0.6) is 0 Å². The highest BCUT2D eigenvalue weighted by molar-refractivity contribution is 5.50. The molecule has 0 aliphatic carbocycles. The number of aromatic nitrogens is 5. The molecule has 2 N–H and O–H groups in total. The summed E-state index contributed by atoms with van der Waals surface area (Å²) in [6, 6.07) is 1.56. The number of tetrazole rings is 1. The predicted molar refractivity (Wildman–Crippen MR) is 52.7 cm³/mol. The van der Waals surface area contributed by atoms with Crippen molar-refractivity contribution in [3.8, 4) is 11.5 Å². The molecule has 2 heterocycles. The number of rotatable bonds is 1. The second-order valence-electron chi connectivity index (χ2n) is 4.19. The highest BCUT2D eigenvalue weighted by Crippen LogP contribution is 2.17. The molecule has 2 aromatic rings. The van der Waals surface area contributed by atoms with Gasteiger partial charge in [-0.25, -0.2) is 0 Å². The molecule has 0 aliphatic heterocycles.